The Hall–Kier alpha value is -0.0400. The molecule has 0 rings (SSSR count). The standard InChI is InChI=1S/C5H10O/c1-4-5(2,3)6/h2,4H2,1,3H3. The van der Waals surface area contributed by atoms with E-state index in [0.717, 1.165) is 0 Å². The third kappa shape index (κ3) is 3.96. The molecule has 0 bridgehead atoms. The van der Waals surface area contributed by atoms with E-state index in [1.807, 2.05) is 6.92 Å². The van der Waals surface area contributed by atoms with Crippen molar-refractivity contribution in [3.63, 3.8) is 0 Å². The van der Waals surface area contributed by atoms with Crippen molar-refractivity contribution < 1.29 is 5.11 Å². The molecule has 0 amide bonds. The van der Waals surface area contributed by atoms with Crippen LogP contribution in [0.5, 0.6) is 0 Å². The lowest BCUT2D eigenvalue weighted by Gasteiger charge is -2.07. The van der Waals surface area contributed by atoms with Gasteiger partial charge in [0.05, 0.1) is 0 Å². The number of hydrogen-bond acceptors (Lipinski definition) is 0. The van der Waals surface area contributed by atoms with Gasteiger partial charge in [-0.25, -0.2) is 5.11 Å². The molecule has 0 fully saturated rings. The largest absolute Gasteiger partial charge is 0.230 e. The topological polar surface area (TPSA) is 19.9 Å². The molecule has 0 heterocycles. The molecule has 0 aromatic carbocycles. The maximum Gasteiger partial charge on any atom is 0.101 e. The van der Waals surface area contributed by atoms with Crippen molar-refractivity contribution in [2.24, 2.45) is 0 Å². The van der Waals surface area contributed by atoms with Crippen molar-refractivity contribution in [2.75, 3.05) is 0 Å². The van der Waals surface area contributed by atoms with E-state index in [-0.39, 0.29) is 0 Å². The smallest absolute Gasteiger partial charge is 0.101 e. The minimum absolute atomic E-state index is 0.604. The molecule has 0 spiro atoms. The molecule has 2 radical (unpaired) electrons. The van der Waals surface area contributed by atoms with Gasteiger partial charge in [0.2, 0.25) is 0 Å². The lowest BCUT2D eigenvalue weighted by atomic mass is 10.1. The molecule has 36 valence electrons. The Morgan fingerprint density at radius 3 is 2.00 bits per heavy atom. The van der Waals surface area contributed by atoms with E-state index in [1.54, 1.807) is 6.92 Å². The fourth-order valence-corrected chi connectivity index (χ4v) is 0. The zero-order valence-corrected chi connectivity index (χ0v) is 4.32. The molecule has 0 aliphatic carbocycles. The highest BCUT2D eigenvalue weighted by molar-refractivity contribution is 4.70. The lowest BCUT2D eigenvalue weighted by Crippen LogP contribution is -2.13. The van der Waals surface area contributed by atoms with Crippen LogP contribution in [0.4, 0.5) is 0 Å². The molecule has 0 N–H and O–H groups in total. The van der Waals surface area contributed by atoms with E-state index in [9.17, 15) is 5.11 Å². The van der Waals surface area contributed by atoms with Crippen LogP contribution >= 0.6 is 0 Å². The number of rotatable bonds is 1. The highest BCUT2D eigenvalue weighted by atomic mass is 16.3. The van der Waals surface area contributed by atoms with Crippen LogP contribution < -0.4 is 0 Å². The second-order valence-corrected chi connectivity index (χ2v) is 1.80. The molecule has 6 heavy (non-hydrogen) atoms. The first-order valence-corrected chi connectivity index (χ1v) is 2.12. The van der Waals surface area contributed by atoms with Gasteiger partial charge in [-0.3, -0.25) is 0 Å². The Labute approximate surface area is 39.0 Å². The van der Waals surface area contributed by atoms with Gasteiger partial charge in [-0.2, -0.15) is 0 Å². The minimum atomic E-state index is -0.958. The Kier molecular flexibility index (Phi) is 1.59. The van der Waals surface area contributed by atoms with Crippen molar-refractivity contribution in [2.45, 2.75) is 25.9 Å². The van der Waals surface area contributed by atoms with Crippen molar-refractivity contribution in [3.8, 4) is 0 Å². The van der Waals surface area contributed by atoms with Crippen LogP contribution in [0.15, 0.2) is 0 Å². The first-order valence-electron chi connectivity index (χ1n) is 2.12. The summed E-state index contributed by atoms with van der Waals surface area (Å²) >= 11 is 0. The van der Waals surface area contributed by atoms with E-state index in [1.165, 1.54) is 0 Å². The molecule has 0 aliphatic heterocycles. The summed E-state index contributed by atoms with van der Waals surface area (Å²) in [6.07, 6.45) is 0.604. The SMILES string of the molecule is [CH2]C(C)([O])CC. The Morgan fingerprint density at radius 2 is 2.00 bits per heavy atom. The van der Waals surface area contributed by atoms with Crippen LogP contribution in [0.2, 0.25) is 0 Å². The molecule has 0 aliphatic rings. The third-order valence-corrected chi connectivity index (χ3v) is 0.748. The molecular formula is C5H10O. The molecule has 1 atom stereocenters. The fraction of sp³-hybridized carbons (Fsp3) is 0.800. The molecule has 0 saturated carbocycles. The third-order valence-electron chi connectivity index (χ3n) is 0.748. The summed E-state index contributed by atoms with van der Waals surface area (Å²) in [5.41, 5.74) is -0.958. The van der Waals surface area contributed by atoms with Crippen LogP contribution in [0.1, 0.15) is 20.3 Å². The van der Waals surface area contributed by atoms with Gasteiger partial charge in [0, 0.05) is 0 Å². The molecule has 1 nitrogen and oxygen atoms in total. The van der Waals surface area contributed by atoms with Crippen molar-refractivity contribution in [1.82, 2.24) is 0 Å². The summed E-state index contributed by atoms with van der Waals surface area (Å²) in [5, 5.41) is 10.4. The van der Waals surface area contributed by atoms with Crippen LogP contribution in [0.25, 0.3) is 0 Å². The zero-order valence-electron chi connectivity index (χ0n) is 4.32. The average molecular weight is 86.1 g/mol. The maximum atomic E-state index is 10.4. The highest BCUT2D eigenvalue weighted by Crippen LogP contribution is 2.04. The molecule has 0 aromatic heterocycles. The number of hydrogen-bond donors (Lipinski definition) is 0. The monoisotopic (exact) mass is 86.1 g/mol. The van der Waals surface area contributed by atoms with E-state index in [4.69, 9.17) is 0 Å². The van der Waals surface area contributed by atoms with Gasteiger partial charge in [-0.05, 0) is 20.3 Å². The summed E-state index contributed by atoms with van der Waals surface area (Å²) in [5.74, 6) is 0. The highest BCUT2D eigenvalue weighted by Gasteiger charge is 2.09. The Morgan fingerprint density at radius 1 is 1.83 bits per heavy atom. The van der Waals surface area contributed by atoms with Crippen LogP contribution in [0.3, 0.4) is 0 Å². The van der Waals surface area contributed by atoms with Gasteiger partial charge in [0.1, 0.15) is 5.60 Å². The molecule has 1 unspecified atom stereocenters. The summed E-state index contributed by atoms with van der Waals surface area (Å²) < 4.78 is 0. The predicted octanol–water partition coefficient (Wildman–Crippen LogP) is 1.42. The normalized spacial score (nSPS) is 12.0. The first-order chi connectivity index (χ1) is 2.56. The van der Waals surface area contributed by atoms with Gasteiger partial charge in [0.25, 0.3) is 0 Å². The molecule has 0 aromatic rings. The quantitative estimate of drug-likeness (QED) is 0.460. The van der Waals surface area contributed by atoms with E-state index >= 15 is 0 Å². The van der Waals surface area contributed by atoms with Gasteiger partial charge >= 0.3 is 0 Å². The predicted molar refractivity (Wildman–Crippen MR) is 24.7 cm³/mol. The summed E-state index contributed by atoms with van der Waals surface area (Å²) in [7, 11) is 0. The Bertz CT molecular complexity index is 33.7. The van der Waals surface area contributed by atoms with Crippen molar-refractivity contribution in [3.05, 3.63) is 6.92 Å². The summed E-state index contributed by atoms with van der Waals surface area (Å²) in [6.45, 7) is 6.74. The zero-order chi connectivity index (χ0) is 5.21. The second kappa shape index (κ2) is 1.61. The van der Waals surface area contributed by atoms with Crippen LogP contribution in [-0.4, -0.2) is 5.60 Å². The average Bonchev–Trinajstić information content (AvgIpc) is 1.35. The van der Waals surface area contributed by atoms with Crippen molar-refractivity contribution in [1.29, 1.82) is 0 Å². The van der Waals surface area contributed by atoms with Crippen LogP contribution in [0, 0.1) is 6.92 Å². The molecular weight excluding hydrogens is 76.1 g/mol. The van der Waals surface area contributed by atoms with Gasteiger partial charge in [-0.15, -0.1) is 0 Å². The minimum Gasteiger partial charge on any atom is -0.230 e. The van der Waals surface area contributed by atoms with Gasteiger partial charge < -0.3 is 0 Å². The van der Waals surface area contributed by atoms with Crippen LogP contribution in [-0.2, 0) is 5.11 Å². The molecule has 0 saturated heterocycles. The lowest BCUT2D eigenvalue weighted by molar-refractivity contribution is 0.0255. The van der Waals surface area contributed by atoms with E-state index < -0.39 is 5.60 Å². The van der Waals surface area contributed by atoms with Gasteiger partial charge in [0.15, 0.2) is 0 Å². The molecule has 1 heteroatoms. The summed E-state index contributed by atoms with van der Waals surface area (Å²) in [4.78, 5) is 0. The summed E-state index contributed by atoms with van der Waals surface area (Å²) in [6, 6.07) is 0. The Balaban J connectivity index is 3.17. The maximum absolute atomic E-state index is 10.4. The fourth-order valence-electron chi connectivity index (χ4n) is 0. The second-order valence-electron chi connectivity index (χ2n) is 1.80. The van der Waals surface area contributed by atoms with E-state index in [0.29, 0.717) is 6.42 Å². The van der Waals surface area contributed by atoms with E-state index in [2.05, 4.69) is 6.92 Å². The van der Waals surface area contributed by atoms with Gasteiger partial charge in [-0.1, -0.05) is 6.92 Å². The van der Waals surface area contributed by atoms with Crippen molar-refractivity contribution >= 4 is 0 Å². The first kappa shape index (κ1) is 5.96.